The van der Waals surface area contributed by atoms with Crippen LogP contribution in [-0.2, 0) is 19.6 Å². The number of carboxylic acids is 1. The van der Waals surface area contributed by atoms with E-state index < -0.39 is 22.0 Å². The number of piperidine rings is 1. The minimum atomic E-state index is -3.57. The van der Waals surface area contributed by atoms with E-state index in [4.69, 9.17) is 9.84 Å². The van der Waals surface area contributed by atoms with Gasteiger partial charge in [0.2, 0.25) is 10.0 Å². The van der Waals surface area contributed by atoms with Crippen molar-refractivity contribution >= 4 is 16.0 Å². The van der Waals surface area contributed by atoms with Gasteiger partial charge in [-0.25, -0.2) is 8.42 Å². The van der Waals surface area contributed by atoms with Crippen molar-refractivity contribution in [2.24, 2.45) is 5.92 Å². The van der Waals surface area contributed by atoms with Gasteiger partial charge in [-0.15, -0.1) is 0 Å². The Bertz CT molecular complexity index is 406. The summed E-state index contributed by atoms with van der Waals surface area (Å²) in [6.07, 6.45) is 1.04. The number of aliphatic carboxylic acids is 1. The van der Waals surface area contributed by atoms with Crippen LogP contribution < -0.4 is 0 Å². The number of ether oxygens (including phenoxy) is 1. The number of carboxylic acid groups (broad SMARTS) is 1. The second kappa shape index (κ2) is 6.67. The number of carbonyl (C=O) groups is 1. The van der Waals surface area contributed by atoms with Gasteiger partial charge in [0.05, 0.1) is 18.5 Å². The van der Waals surface area contributed by atoms with E-state index in [9.17, 15) is 13.2 Å². The van der Waals surface area contributed by atoms with E-state index in [1.165, 1.54) is 0 Å². The smallest absolute Gasteiger partial charge is 0.322 e. The zero-order valence-corrected chi connectivity index (χ0v) is 12.5. The summed E-state index contributed by atoms with van der Waals surface area (Å²) in [5.74, 6) is -0.997. The largest absolute Gasteiger partial charge is 0.480 e. The lowest BCUT2D eigenvalue weighted by atomic mass is 9.94. The second-order valence-electron chi connectivity index (χ2n) is 5.33. The molecule has 1 N–H and O–H groups in total. The molecule has 0 spiro atoms. The Morgan fingerprint density at radius 3 is 2.63 bits per heavy atom. The molecule has 1 fully saturated rings. The third-order valence-electron chi connectivity index (χ3n) is 3.25. The standard InChI is InChI=1S/C12H23NO5S/c1-9(2)18-6-7-19(16,17)13-5-4-10(3)8-11(13)12(14)15/h9-11H,4-8H2,1-3H3,(H,14,15). The first-order chi connectivity index (χ1) is 8.74. The van der Waals surface area contributed by atoms with Gasteiger partial charge in [-0.2, -0.15) is 4.31 Å². The molecule has 1 aliphatic heterocycles. The normalized spacial score (nSPS) is 25.7. The molecule has 0 aliphatic carbocycles. The average molecular weight is 293 g/mol. The van der Waals surface area contributed by atoms with Crippen LogP contribution in [-0.4, -0.2) is 54.8 Å². The van der Waals surface area contributed by atoms with E-state index in [-0.39, 0.29) is 30.9 Å². The highest BCUT2D eigenvalue weighted by atomic mass is 32.2. The summed E-state index contributed by atoms with van der Waals surface area (Å²) < 4.78 is 30.7. The first-order valence-electron chi connectivity index (χ1n) is 6.58. The summed E-state index contributed by atoms with van der Waals surface area (Å²) >= 11 is 0. The number of hydrogen-bond acceptors (Lipinski definition) is 4. The molecule has 0 aromatic heterocycles. The molecule has 0 radical (unpaired) electrons. The Morgan fingerprint density at radius 1 is 1.47 bits per heavy atom. The zero-order valence-electron chi connectivity index (χ0n) is 11.7. The van der Waals surface area contributed by atoms with Crippen molar-refractivity contribution in [3.63, 3.8) is 0 Å². The SMILES string of the molecule is CC1CCN(S(=O)(=O)CCOC(C)C)C(C(=O)O)C1. The number of nitrogens with zero attached hydrogens (tertiary/aromatic N) is 1. The summed E-state index contributed by atoms with van der Waals surface area (Å²) in [4.78, 5) is 11.2. The Kier molecular flexibility index (Phi) is 5.76. The summed E-state index contributed by atoms with van der Waals surface area (Å²) in [5.41, 5.74) is 0. The van der Waals surface area contributed by atoms with Crippen molar-refractivity contribution in [2.75, 3.05) is 18.9 Å². The molecule has 19 heavy (non-hydrogen) atoms. The van der Waals surface area contributed by atoms with Crippen molar-refractivity contribution in [3.05, 3.63) is 0 Å². The van der Waals surface area contributed by atoms with Crippen molar-refractivity contribution in [1.82, 2.24) is 4.31 Å². The van der Waals surface area contributed by atoms with Crippen LogP contribution in [0, 0.1) is 5.92 Å². The van der Waals surface area contributed by atoms with Crippen LogP contribution in [0.5, 0.6) is 0 Å². The van der Waals surface area contributed by atoms with Crippen LogP contribution in [0.25, 0.3) is 0 Å². The molecule has 1 rings (SSSR count). The molecular formula is C12H23NO5S. The van der Waals surface area contributed by atoms with Gasteiger partial charge in [0.1, 0.15) is 6.04 Å². The highest BCUT2D eigenvalue weighted by Gasteiger charge is 2.38. The molecular weight excluding hydrogens is 270 g/mol. The molecule has 0 bridgehead atoms. The molecule has 1 saturated heterocycles. The minimum Gasteiger partial charge on any atom is -0.480 e. The fourth-order valence-electron chi connectivity index (χ4n) is 2.18. The monoisotopic (exact) mass is 293 g/mol. The molecule has 2 unspecified atom stereocenters. The van der Waals surface area contributed by atoms with Crippen LogP contribution >= 0.6 is 0 Å². The van der Waals surface area contributed by atoms with Gasteiger partial charge in [0.25, 0.3) is 0 Å². The number of rotatable bonds is 6. The highest BCUT2D eigenvalue weighted by molar-refractivity contribution is 7.89. The molecule has 1 aliphatic rings. The van der Waals surface area contributed by atoms with E-state index in [1.807, 2.05) is 20.8 Å². The third kappa shape index (κ3) is 4.74. The number of sulfonamides is 1. The van der Waals surface area contributed by atoms with E-state index >= 15 is 0 Å². The fraction of sp³-hybridized carbons (Fsp3) is 0.917. The molecule has 2 atom stereocenters. The Morgan fingerprint density at radius 2 is 2.11 bits per heavy atom. The summed E-state index contributed by atoms with van der Waals surface area (Å²) in [6.45, 7) is 5.98. The van der Waals surface area contributed by atoms with Gasteiger partial charge in [-0.1, -0.05) is 6.92 Å². The topological polar surface area (TPSA) is 83.9 Å². The molecule has 6 nitrogen and oxygen atoms in total. The fourth-order valence-corrected chi connectivity index (χ4v) is 3.67. The van der Waals surface area contributed by atoms with Gasteiger partial charge < -0.3 is 9.84 Å². The molecule has 1 heterocycles. The predicted octanol–water partition coefficient (Wildman–Crippen LogP) is 0.926. The van der Waals surface area contributed by atoms with Crippen molar-refractivity contribution in [1.29, 1.82) is 0 Å². The van der Waals surface area contributed by atoms with E-state index in [1.54, 1.807) is 0 Å². The van der Waals surface area contributed by atoms with Gasteiger partial charge in [-0.3, -0.25) is 4.79 Å². The molecule has 0 amide bonds. The van der Waals surface area contributed by atoms with Crippen LogP contribution in [0.2, 0.25) is 0 Å². The summed E-state index contributed by atoms with van der Waals surface area (Å²) in [7, 11) is -3.57. The van der Waals surface area contributed by atoms with Gasteiger partial charge in [0, 0.05) is 6.54 Å². The van der Waals surface area contributed by atoms with E-state index in [0.29, 0.717) is 12.8 Å². The predicted molar refractivity (Wildman–Crippen MR) is 71.4 cm³/mol. The second-order valence-corrected chi connectivity index (χ2v) is 7.37. The first-order valence-corrected chi connectivity index (χ1v) is 8.19. The van der Waals surface area contributed by atoms with Crippen molar-refractivity contribution in [2.45, 2.75) is 45.8 Å². The number of hydrogen-bond donors (Lipinski definition) is 1. The quantitative estimate of drug-likeness (QED) is 0.787. The third-order valence-corrected chi connectivity index (χ3v) is 5.08. The molecule has 7 heteroatoms. The Balaban J connectivity index is 2.71. The summed E-state index contributed by atoms with van der Waals surface area (Å²) in [5, 5.41) is 9.17. The average Bonchev–Trinajstić information content (AvgIpc) is 2.27. The van der Waals surface area contributed by atoms with E-state index in [2.05, 4.69) is 0 Å². The lowest BCUT2D eigenvalue weighted by Gasteiger charge is -2.34. The Labute approximate surface area is 114 Å². The molecule has 0 aromatic carbocycles. The molecule has 112 valence electrons. The maximum Gasteiger partial charge on any atom is 0.322 e. The molecule has 0 saturated carbocycles. The van der Waals surface area contributed by atoms with Crippen molar-refractivity contribution < 1.29 is 23.1 Å². The van der Waals surface area contributed by atoms with Crippen LogP contribution in [0.15, 0.2) is 0 Å². The van der Waals surface area contributed by atoms with Crippen LogP contribution in [0.1, 0.15) is 33.6 Å². The van der Waals surface area contributed by atoms with Gasteiger partial charge in [-0.05, 0) is 32.6 Å². The maximum atomic E-state index is 12.2. The maximum absolute atomic E-state index is 12.2. The van der Waals surface area contributed by atoms with Crippen LogP contribution in [0.3, 0.4) is 0 Å². The Hall–Kier alpha value is -0.660. The van der Waals surface area contributed by atoms with Gasteiger partial charge >= 0.3 is 5.97 Å². The van der Waals surface area contributed by atoms with E-state index in [0.717, 1.165) is 4.31 Å². The lowest BCUT2D eigenvalue weighted by Crippen LogP contribution is -2.50. The van der Waals surface area contributed by atoms with Crippen LogP contribution in [0.4, 0.5) is 0 Å². The van der Waals surface area contributed by atoms with Crippen molar-refractivity contribution in [3.8, 4) is 0 Å². The lowest BCUT2D eigenvalue weighted by molar-refractivity contribution is -0.143. The first kappa shape index (κ1) is 16.4. The molecule has 0 aromatic rings. The zero-order chi connectivity index (χ0) is 14.6. The summed E-state index contributed by atoms with van der Waals surface area (Å²) in [6, 6.07) is -0.937. The highest BCUT2D eigenvalue weighted by Crippen LogP contribution is 2.25. The minimum absolute atomic E-state index is 0.0353. The van der Waals surface area contributed by atoms with Gasteiger partial charge in [0.15, 0.2) is 0 Å².